The van der Waals surface area contributed by atoms with Gasteiger partial charge in [-0.05, 0) is 0 Å². The van der Waals surface area contributed by atoms with Gasteiger partial charge >= 0.3 is 25.0 Å². The van der Waals surface area contributed by atoms with Crippen molar-refractivity contribution in [2.75, 3.05) is 0 Å². The maximum absolute atomic E-state index is 11.5. The van der Waals surface area contributed by atoms with Crippen LogP contribution in [-0.2, 0) is 6.18 Å². The van der Waals surface area contributed by atoms with E-state index in [1.54, 1.807) is 0 Å². The molecule has 10 heavy (non-hydrogen) atoms. The first kappa shape index (κ1) is 9.60. The van der Waals surface area contributed by atoms with Crippen molar-refractivity contribution in [2.24, 2.45) is 0 Å². The first-order valence-electron chi connectivity index (χ1n) is 2.17. The monoisotopic (exact) mass is 144 g/mol. The Labute approximate surface area is 68.5 Å². The summed E-state index contributed by atoms with van der Waals surface area (Å²) in [5.74, 6) is -0.956. The van der Waals surface area contributed by atoms with Crippen LogP contribution in [-0.4, -0.2) is 9.97 Å². The molecule has 0 aliphatic carbocycles. The second-order valence-electron chi connectivity index (χ2n) is 1.44. The van der Waals surface area contributed by atoms with Crippen LogP contribution in [0.1, 0.15) is 7.25 Å². The molecule has 52 valence electrons. The molecule has 0 spiro atoms. The molecule has 1 heterocycles. The molecule has 0 radical (unpaired) electrons. The molecule has 2 nitrogen and oxygen atoms in total. The van der Waals surface area contributed by atoms with Crippen molar-refractivity contribution < 1.29 is 33.5 Å². The molecule has 1 aromatic rings. The van der Waals surface area contributed by atoms with Crippen LogP contribution in [0.4, 0.5) is 13.2 Å². The third-order valence-electron chi connectivity index (χ3n) is 0.767. The number of imidazole rings is 1. The van der Waals surface area contributed by atoms with Crippen molar-refractivity contribution in [3.8, 4) is 0 Å². The minimum Gasteiger partial charge on any atom is -1.00 e. The summed E-state index contributed by atoms with van der Waals surface area (Å²) in [5, 5.41) is 0. The summed E-state index contributed by atoms with van der Waals surface area (Å²) in [6.07, 6.45) is -2.16. The Morgan fingerprint density at radius 3 is 2.30 bits per heavy atom. The Morgan fingerprint density at radius 1 is 1.50 bits per heavy atom. The molecular weight excluding hydrogens is 140 g/mol. The standard InChI is InChI=1S/C4H3F3N2.Li.H/c5-4(6,7)3-8-1-2-9-3;;/h1-2H,(H,8,9);;/q;+1;-1. The molecule has 0 saturated heterocycles. The molecule has 6 heteroatoms. The average Bonchev–Trinajstić information content (AvgIpc) is 2.08. The third kappa shape index (κ3) is 2.08. The summed E-state index contributed by atoms with van der Waals surface area (Å²) in [4.78, 5) is 4.95. The molecule has 0 saturated carbocycles. The van der Waals surface area contributed by atoms with Crippen molar-refractivity contribution in [1.29, 1.82) is 0 Å². The second-order valence-corrected chi connectivity index (χ2v) is 1.44. The van der Waals surface area contributed by atoms with E-state index >= 15 is 0 Å². The number of aromatic amines is 1. The van der Waals surface area contributed by atoms with Crippen LogP contribution in [0.5, 0.6) is 0 Å². The predicted molar refractivity (Wildman–Crippen MR) is 24.7 cm³/mol. The van der Waals surface area contributed by atoms with Crippen LogP contribution < -0.4 is 18.9 Å². The number of hydrogen-bond acceptors (Lipinski definition) is 1. The van der Waals surface area contributed by atoms with Gasteiger partial charge in [0.25, 0.3) is 0 Å². The molecule has 0 aliphatic heterocycles. The zero-order valence-electron chi connectivity index (χ0n) is 6.24. The van der Waals surface area contributed by atoms with E-state index in [9.17, 15) is 13.2 Å². The van der Waals surface area contributed by atoms with Crippen molar-refractivity contribution in [1.82, 2.24) is 9.97 Å². The number of H-pyrrole nitrogens is 1. The van der Waals surface area contributed by atoms with Gasteiger partial charge in [0.05, 0.1) is 0 Å². The SMILES string of the molecule is FC(F)(F)c1ncc[nH]1.[H-].[Li+]. The largest absolute Gasteiger partial charge is 1.00 e. The summed E-state index contributed by atoms with van der Waals surface area (Å²) in [6, 6.07) is 0. The molecule has 0 amide bonds. The van der Waals surface area contributed by atoms with Crippen LogP contribution in [0.3, 0.4) is 0 Å². The molecule has 0 fully saturated rings. The molecule has 0 aliphatic rings. The quantitative estimate of drug-likeness (QED) is 0.443. The topological polar surface area (TPSA) is 28.7 Å². The Hall–Kier alpha value is -0.403. The van der Waals surface area contributed by atoms with E-state index in [-0.39, 0.29) is 20.3 Å². The van der Waals surface area contributed by atoms with Crippen LogP contribution in [0.2, 0.25) is 0 Å². The van der Waals surface area contributed by atoms with Gasteiger partial charge in [0, 0.05) is 12.4 Å². The molecule has 0 bridgehead atoms. The third-order valence-corrected chi connectivity index (χ3v) is 0.767. The number of alkyl halides is 3. The van der Waals surface area contributed by atoms with Gasteiger partial charge in [-0.2, -0.15) is 13.2 Å². The fourth-order valence-corrected chi connectivity index (χ4v) is 0.420. The molecule has 1 aromatic heterocycles. The Morgan fingerprint density at radius 2 is 2.10 bits per heavy atom. The number of nitrogens with one attached hydrogen (secondary N) is 1. The maximum atomic E-state index is 11.5. The van der Waals surface area contributed by atoms with E-state index in [1.165, 1.54) is 0 Å². The number of aromatic nitrogens is 2. The fraction of sp³-hybridized carbons (Fsp3) is 0.250. The number of hydrogen-bond donors (Lipinski definition) is 1. The van der Waals surface area contributed by atoms with Gasteiger partial charge < -0.3 is 6.41 Å². The van der Waals surface area contributed by atoms with Crippen LogP contribution in [0.15, 0.2) is 12.4 Å². The van der Waals surface area contributed by atoms with Gasteiger partial charge in [-0.1, -0.05) is 0 Å². The van der Waals surface area contributed by atoms with Gasteiger partial charge in [-0.15, -0.1) is 0 Å². The van der Waals surface area contributed by atoms with E-state index in [2.05, 4.69) is 4.98 Å². The zero-order chi connectivity index (χ0) is 6.91. The fourth-order valence-electron chi connectivity index (χ4n) is 0.420. The van der Waals surface area contributed by atoms with Crippen molar-refractivity contribution >= 4 is 0 Å². The van der Waals surface area contributed by atoms with Gasteiger partial charge in [-0.25, -0.2) is 4.98 Å². The zero-order valence-corrected chi connectivity index (χ0v) is 5.24. The first-order chi connectivity index (χ1) is 4.11. The first-order valence-corrected chi connectivity index (χ1v) is 2.17. The minimum absolute atomic E-state index is 0. The normalized spacial score (nSPS) is 10.7. The van der Waals surface area contributed by atoms with Gasteiger partial charge in [-0.3, -0.25) is 0 Å². The Bertz CT molecular complexity index is 186. The van der Waals surface area contributed by atoms with Gasteiger partial charge in [0.1, 0.15) is 0 Å². The summed E-state index contributed by atoms with van der Waals surface area (Å²) >= 11 is 0. The molecule has 1 N–H and O–H groups in total. The van der Waals surface area contributed by atoms with E-state index < -0.39 is 12.0 Å². The number of rotatable bonds is 0. The average molecular weight is 144 g/mol. The predicted octanol–water partition coefficient (Wildman–Crippen LogP) is -1.46. The van der Waals surface area contributed by atoms with Crippen LogP contribution in [0.25, 0.3) is 0 Å². The van der Waals surface area contributed by atoms with Crippen molar-refractivity contribution in [3.63, 3.8) is 0 Å². The van der Waals surface area contributed by atoms with Crippen molar-refractivity contribution in [3.05, 3.63) is 18.2 Å². The number of halogens is 3. The Kier molecular flexibility index (Phi) is 3.00. The van der Waals surface area contributed by atoms with E-state index in [0.29, 0.717) is 0 Å². The molecule has 0 aromatic carbocycles. The Balaban J connectivity index is 0. The van der Waals surface area contributed by atoms with E-state index in [1.807, 2.05) is 4.98 Å². The molecular formula is C4H4F3LiN2. The number of nitrogens with zero attached hydrogens (tertiary/aromatic N) is 1. The minimum atomic E-state index is -4.34. The summed E-state index contributed by atoms with van der Waals surface area (Å²) in [6.45, 7) is 0. The maximum Gasteiger partial charge on any atom is 1.00 e. The van der Waals surface area contributed by atoms with Gasteiger partial charge in [0.2, 0.25) is 5.82 Å². The molecule has 1 rings (SSSR count). The van der Waals surface area contributed by atoms with E-state index in [4.69, 9.17) is 0 Å². The van der Waals surface area contributed by atoms with E-state index in [0.717, 1.165) is 12.4 Å². The summed E-state index contributed by atoms with van der Waals surface area (Å²) in [7, 11) is 0. The summed E-state index contributed by atoms with van der Waals surface area (Å²) < 4.78 is 34.6. The smallest absolute Gasteiger partial charge is 1.00 e. The molecule has 0 atom stereocenters. The van der Waals surface area contributed by atoms with Crippen molar-refractivity contribution in [2.45, 2.75) is 6.18 Å². The van der Waals surface area contributed by atoms with Crippen LogP contribution in [0, 0.1) is 0 Å². The van der Waals surface area contributed by atoms with Gasteiger partial charge in [0.15, 0.2) is 0 Å². The summed E-state index contributed by atoms with van der Waals surface area (Å²) in [5.41, 5.74) is 0. The second kappa shape index (κ2) is 3.13. The van der Waals surface area contributed by atoms with Crippen LogP contribution >= 0.6 is 0 Å². The molecule has 0 unspecified atom stereocenters.